The van der Waals surface area contributed by atoms with Crippen molar-refractivity contribution in [3.05, 3.63) is 78.6 Å². The van der Waals surface area contributed by atoms with Crippen molar-refractivity contribution in [2.45, 2.75) is 116 Å². The van der Waals surface area contributed by atoms with Gasteiger partial charge in [-0.25, -0.2) is 44.7 Å². The summed E-state index contributed by atoms with van der Waals surface area (Å²) >= 11 is 0. The van der Waals surface area contributed by atoms with E-state index in [1.54, 1.807) is 0 Å². The second-order valence-electron chi connectivity index (χ2n) is 17.5. The number of carbonyl (C=O) groups is 2. The molecule has 0 amide bonds. The zero-order valence-corrected chi connectivity index (χ0v) is 46.9. The predicted molar refractivity (Wildman–Crippen MR) is 285 cm³/mol. The topological polar surface area (TPSA) is 224 Å². The molecule has 0 N–H and O–H groups in total. The highest BCUT2D eigenvalue weighted by Crippen LogP contribution is 2.32. The predicted octanol–water partition coefficient (Wildman–Crippen LogP) is 14.2. The van der Waals surface area contributed by atoms with E-state index in [2.05, 4.69) is 29.5 Å². The maximum atomic E-state index is 14.0. The lowest BCUT2D eigenvalue weighted by Crippen LogP contribution is -2.17. The summed E-state index contributed by atoms with van der Waals surface area (Å²) < 4.78 is 164. The fraction of sp³-hybridized carbons (Fsp3) is 0.731. The molecule has 2 aromatic rings. The van der Waals surface area contributed by atoms with Gasteiger partial charge in [0.25, 0.3) is 0 Å². The third-order valence-electron chi connectivity index (χ3n) is 11.4. The second kappa shape index (κ2) is 48.4. The Morgan fingerprint density at radius 3 is 0.775 bits per heavy atom. The van der Waals surface area contributed by atoms with E-state index in [-0.39, 0.29) is 39.6 Å². The highest BCUT2D eigenvalue weighted by molar-refractivity contribution is 8.76. The molecule has 0 saturated heterocycles. The Labute approximate surface area is 470 Å². The molecule has 2 rings (SSSR count). The summed E-state index contributed by atoms with van der Waals surface area (Å²) in [5, 5.41) is 5.11. The molecule has 0 aliphatic rings. The molecule has 0 unspecified atom stereocenters. The van der Waals surface area contributed by atoms with Gasteiger partial charge < -0.3 is 47.4 Å². The van der Waals surface area contributed by atoms with E-state index in [4.69, 9.17) is 49.0 Å². The number of hydrogen-bond donors (Lipinski definition) is 0. The van der Waals surface area contributed by atoms with Crippen molar-refractivity contribution in [2.24, 2.45) is 10.2 Å². The van der Waals surface area contributed by atoms with E-state index >= 15 is 0 Å². The van der Waals surface area contributed by atoms with E-state index in [1.165, 1.54) is 101 Å². The number of nitrogens with zero attached hydrogens (tertiary/aromatic N) is 6. The quantitative estimate of drug-likeness (QED) is 0.00878. The van der Waals surface area contributed by atoms with E-state index in [0.717, 1.165) is 25.7 Å². The molecule has 0 aromatic heterocycles. The molecule has 0 radical (unpaired) electrons. The molecule has 28 heteroatoms. The molecule has 80 heavy (non-hydrogen) atoms. The van der Waals surface area contributed by atoms with Crippen LogP contribution in [0.3, 0.4) is 0 Å². The van der Waals surface area contributed by atoms with E-state index in [9.17, 15) is 44.7 Å². The van der Waals surface area contributed by atoms with Crippen LogP contribution in [0.4, 0.5) is 46.5 Å². The number of esters is 2. The van der Waals surface area contributed by atoms with E-state index < -0.39 is 94.2 Å². The molecular weight excluding hydrogens is 1120 g/mol. The van der Waals surface area contributed by atoms with Crippen LogP contribution in [0, 0.1) is 46.5 Å². The normalized spacial score (nSPS) is 11.2. The number of rotatable bonds is 53. The number of benzene rings is 2. The van der Waals surface area contributed by atoms with Gasteiger partial charge in [-0.05, 0) is 36.7 Å². The fourth-order valence-electron chi connectivity index (χ4n) is 7.24. The summed E-state index contributed by atoms with van der Waals surface area (Å²) in [7, 11) is 4.03. The van der Waals surface area contributed by atoms with Gasteiger partial charge >= 0.3 is 11.9 Å². The van der Waals surface area contributed by atoms with Gasteiger partial charge in [0, 0.05) is 34.5 Å². The van der Waals surface area contributed by atoms with Gasteiger partial charge in [0.2, 0.25) is 0 Å². The first kappa shape index (κ1) is 71.9. The molecule has 0 saturated carbocycles. The van der Waals surface area contributed by atoms with Crippen LogP contribution in [0.5, 0.6) is 0 Å². The van der Waals surface area contributed by atoms with Crippen molar-refractivity contribution in [1.82, 2.24) is 0 Å². The first-order valence-electron chi connectivity index (χ1n) is 27.0. The van der Waals surface area contributed by atoms with Crippen LogP contribution in [0.1, 0.15) is 136 Å². The van der Waals surface area contributed by atoms with Crippen LogP contribution in [0.25, 0.3) is 20.9 Å². The molecule has 0 atom stereocenters. The van der Waals surface area contributed by atoms with E-state index in [0.29, 0.717) is 66.1 Å². The van der Waals surface area contributed by atoms with Crippen LogP contribution in [-0.2, 0) is 47.4 Å². The van der Waals surface area contributed by atoms with Crippen molar-refractivity contribution in [3.63, 3.8) is 0 Å². The first-order chi connectivity index (χ1) is 39.0. The van der Waals surface area contributed by atoms with Gasteiger partial charge in [-0.3, -0.25) is 0 Å². The van der Waals surface area contributed by atoms with E-state index in [1.807, 2.05) is 21.6 Å². The number of azide groups is 2. The largest absolute Gasteiger partial charge is 0.459 e. The summed E-state index contributed by atoms with van der Waals surface area (Å²) in [5.41, 5.74) is 10.3. The lowest BCUT2D eigenvalue weighted by molar-refractivity contribution is -0.00937. The smallest absolute Gasteiger partial charge is 0.344 e. The van der Waals surface area contributed by atoms with Gasteiger partial charge in [-0.2, -0.15) is 0 Å². The standard InChI is InChI=1S/C52H76F8N6O12S2/c53-41-39(42(54)46(58)49(45(41)57)63-65-61)51(67)77-35-33-75-31-29-73-27-25-71-23-21-69-19-15-11-7-3-1-5-9-13-17-37-79-80-38-18-14-10-6-2-4-8-12-16-20-70-22-24-72-26-28-74-30-32-76-34-36-78-52(68)40-43(55)47(59)50(64-66-62)48(60)44(40)56/h1-38H2. The van der Waals surface area contributed by atoms with Crippen LogP contribution in [-0.4, -0.2) is 142 Å². The van der Waals surface area contributed by atoms with Crippen molar-refractivity contribution >= 4 is 44.9 Å². The molecule has 0 heterocycles. The second-order valence-corrected chi connectivity index (χ2v) is 20.2. The van der Waals surface area contributed by atoms with Crippen LogP contribution in [0.2, 0.25) is 0 Å². The average Bonchev–Trinajstić information content (AvgIpc) is 3.59. The Balaban J connectivity index is 1.19. The van der Waals surface area contributed by atoms with Crippen molar-refractivity contribution in [2.75, 3.05) is 130 Å². The van der Waals surface area contributed by atoms with Crippen LogP contribution < -0.4 is 0 Å². The van der Waals surface area contributed by atoms with Crippen LogP contribution in [0.15, 0.2) is 10.2 Å². The van der Waals surface area contributed by atoms with Crippen molar-refractivity contribution in [3.8, 4) is 0 Å². The Kier molecular flexibility index (Phi) is 43.5. The summed E-state index contributed by atoms with van der Waals surface area (Å²) in [4.78, 5) is 28.1. The zero-order chi connectivity index (χ0) is 58.3. The van der Waals surface area contributed by atoms with Gasteiger partial charge in [0.05, 0.1) is 92.5 Å². The van der Waals surface area contributed by atoms with Gasteiger partial charge in [0.1, 0.15) is 35.7 Å². The molecule has 454 valence electrons. The molecule has 0 aliphatic carbocycles. The third-order valence-corrected chi connectivity index (χ3v) is 14.0. The third kappa shape index (κ3) is 31.9. The Morgan fingerprint density at radius 1 is 0.312 bits per heavy atom. The van der Waals surface area contributed by atoms with Crippen LogP contribution >= 0.6 is 21.6 Å². The summed E-state index contributed by atoms with van der Waals surface area (Å²) in [6.45, 7) is 4.10. The SMILES string of the molecule is [N-]=[N+]=Nc1c(F)c(F)c(C(=O)OCCOCCOCCOCCOCCCCCCCCCCCSSCCCCCCCCCCCOCCOCCOCCOCCOC(=O)c2c(F)c(F)c(N=[N+]=[N-])c(F)c2F)c(F)c1F. The minimum atomic E-state index is -2.04. The number of hydrogen-bond acceptors (Lipinski definition) is 16. The zero-order valence-electron chi connectivity index (χ0n) is 45.3. The van der Waals surface area contributed by atoms with Crippen molar-refractivity contribution in [1.29, 1.82) is 0 Å². The maximum Gasteiger partial charge on any atom is 0.344 e. The van der Waals surface area contributed by atoms with Crippen molar-refractivity contribution < 1.29 is 92.1 Å². The summed E-state index contributed by atoms with van der Waals surface area (Å²) in [6.07, 6.45) is 22.3. The molecule has 0 fully saturated rings. The summed E-state index contributed by atoms with van der Waals surface area (Å²) in [6, 6.07) is 0. The Bertz CT molecular complexity index is 1940. The lowest BCUT2D eigenvalue weighted by atomic mass is 10.1. The number of unbranched alkanes of at least 4 members (excludes halogenated alkanes) is 16. The lowest BCUT2D eigenvalue weighted by Gasteiger charge is -2.10. The minimum Gasteiger partial charge on any atom is -0.459 e. The van der Waals surface area contributed by atoms with Gasteiger partial charge in [0.15, 0.2) is 46.5 Å². The molecular formula is C52H76F8N6O12S2. The highest BCUT2D eigenvalue weighted by Gasteiger charge is 2.31. The molecule has 0 spiro atoms. The molecule has 0 aliphatic heterocycles. The number of halogens is 8. The average molecular weight is 1190 g/mol. The molecule has 0 bridgehead atoms. The Hall–Kier alpha value is -4.18. The first-order valence-corrected chi connectivity index (χ1v) is 29.5. The Morgan fingerprint density at radius 2 is 0.525 bits per heavy atom. The minimum absolute atomic E-state index is 0.123. The maximum absolute atomic E-state index is 14.0. The fourth-order valence-corrected chi connectivity index (χ4v) is 9.54. The number of ether oxygens (including phenoxy) is 10. The van der Waals surface area contributed by atoms with Gasteiger partial charge in [-0.1, -0.05) is 122 Å². The monoisotopic (exact) mass is 1190 g/mol. The molecule has 2 aromatic carbocycles. The highest BCUT2D eigenvalue weighted by atomic mass is 33.1. The number of carbonyl (C=O) groups excluding carboxylic acids is 2. The van der Waals surface area contributed by atoms with Gasteiger partial charge in [-0.15, -0.1) is 0 Å². The molecule has 18 nitrogen and oxygen atoms in total. The summed E-state index contributed by atoms with van der Waals surface area (Å²) in [5.74, 6) is -17.1.